The van der Waals surface area contributed by atoms with Crippen molar-refractivity contribution in [1.82, 2.24) is 14.9 Å². The zero-order valence-corrected chi connectivity index (χ0v) is 14.1. The Morgan fingerprint density at radius 3 is 2.43 bits per heavy atom. The molecule has 2 aliphatic heterocycles. The number of anilines is 1. The molecule has 2 aromatic rings. The van der Waals surface area contributed by atoms with Crippen LogP contribution in [0.25, 0.3) is 0 Å². The van der Waals surface area contributed by atoms with E-state index in [-0.39, 0.29) is 0 Å². The summed E-state index contributed by atoms with van der Waals surface area (Å²) in [6.45, 7) is 4.66. The predicted octanol–water partition coefficient (Wildman–Crippen LogP) is 2.72. The van der Waals surface area contributed by atoms with Crippen molar-refractivity contribution in [3.05, 3.63) is 52.9 Å². The third-order valence-electron chi connectivity index (χ3n) is 5.00. The smallest absolute Gasteiger partial charge is 0.132 e. The molecule has 5 heteroatoms. The molecular formula is C18H21ClN4. The lowest BCUT2D eigenvalue weighted by Gasteiger charge is -2.20. The molecule has 3 heterocycles. The van der Waals surface area contributed by atoms with Gasteiger partial charge in [-0.25, -0.2) is 9.97 Å². The number of hydrogen-bond donors (Lipinski definition) is 0. The highest BCUT2D eigenvalue weighted by atomic mass is 35.5. The Morgan fingerprint density at radius 1 is 1.04 bits per heavy atom. The summed E-state index contributed by atoms with van der Waals surface area (Å²) in [5.41, 5.74) is 2.28. The molecule has 1 aromatic carbocycles. The highest BCUT2D eigenvalue weighted by Crippen LogP contribution is 2.32. The molecule has 2 fully saturated rings. The summed E-state index contributed by atoms with van der Waals surface area (Å²) in [7, 11) is 2.22. The maximum absolute atomic E-state index is 5.95. The zero-order chi connectivity index (χ0) is 15.8. The highest BCUT2D eigenvalue weighted by molar-refractivity contribution is 6.30. The standard InChI is InChI=1S/C18H21ClN4/c1-22-8-14-10-23(11-15(14)9-22)18-7-17(20-12-21-18)6-13-2-4-16(19)5-3-13/h2-5,7,12,14-15H,6,8-11H2,1H3/t14-,15+. The van der Waals surface area contributed by atoms with Crippen LogP contribution in [0.2, 0.25) is 5.02 Å². The lowest BCUT2D eigenvalue weighted by atomic mass is 10.0. The maximum atomic E-state index is 5.95. The van der Waals surface area contributed by atoms with Crippen LogP contribution >= 0.6 is 11.6 Å². The van der Waals surface area contributed by atoms with E-state index >= 15 is 0 Å². The Kier molecular flexibility index (Phi) is 3.95. The predicted molar refractivity (Wildman–Crippen MR) is 93.0 cm³/mol. The van der Waals surface area contributed by atoms with Gasteiger partial charge in [0.15, 0.2) is 0 Å². The Hall–Kier alpha value is -1.65. The van der Waals surface area contributed by atoms with Crippen molar-refractivity contribution in [1.29, 1.82) is 0 Å². The molecule has 0 radical (unpaired) electrons. The number of likely N-dealkylation sites (tertiary alicyclic amines) is 1. The van der Waals surface area contributed by atoms with Gasteiger partial charge in [-0.05, 0) is 36.6 Å². The molecule has 0 saturated carbocycles. The van der Waals surface area contributed by atoms with Gasteiger partial charge in [0.1, 0.15) is 12.1 Å². The summed E-state index contributed by atoms with van der Waals surface area (Å²) in [4.78, 5) is 13.8. The maximum Gasteiger partial charge on any atom is 0.132 e. The number of aromatic nitrogens is 2. The number of rotatable bonds is 3. The van der Waals surface area contributed by atoms with E-state index in [1.165, 1.54) is 18.7 Å². The van der Waals surface area contributed by atoms with Gasteiger partial charge >= 0.3 is 0 Å². The first kappa shape index (κ1) is 14.9. The van der Waals surface area contributed by atoms with Crippen LogP contribution in [0.1, 0.15) is 11.3 Å². The fraction of sp³-hybridized carbons (Fsp3) is 0.444. The van der Waals surface area contributed by atoms with Crippen molar-refractivity contribution < 1.29 is 0 Å². The van der Waals surface area contributed by atoms with E-state index in [0.29, 0.717) is 0 Å². The largest absolute Gasteiger partial charge is 0.356 e. The minimum absolute atomic E-state index is 0.769. The van der Waals surface area contributed by atoms with Crippen LogP contribution in [0.3, 0.4) is 0 Å². The van der Waals surface area contributed by atoms with Gasteiger partial charge in [0.25, 0.3) is 0 Å². The van der Waals surface area contributed by atoms with Crippen molar-refractivity contribution in [2.24, 2.45) is 11.8 Å². The van der Waals surface area contributed by atoms with Crippen LogP contribution in [0.5, 0.6) is 0 Å². The summed E-state index contributed by atoms with van der Waals surface area (Å²) in [6.07, 6.45) is 2.51. The third-order valence-corrected chi connectivity index (χ3v) is 5.25. The molecule has 120 valence electrons. The minimum atomic E-state index is 0.769. The summed E-state index contributed by atoms with van der Waals surface area (Å²) in [5.74, 6) is 2.64. The van der Waals surface area contributed by atoms with Crippen molar-refractivity contribution in [2.75, 3.05) is 38.1 Å². The number of benzene rings is 1. The summed E-state index contributed by atoms with van der Waals surface area (Å²) in [5, 5.41) is 0.769. The minimum Gasteiger partial charge on any atom is -0.356 e. The van der Waals surface area contributed by atoms with Gasteiger partial charge in [0, 0.05) is 43.7 Å². The topological polar surface area (TPSA) is 32.3 Å². The molecule has 0 N–H and O–H groups in total. The molecule has 2 saturated heterocycles. The van der Waals surface area contributed by atoms with E-state index in [1.807, 2.05) is 12.1 Å². The average molecular weight is 329 g/mol. The van der Waals surface area contributed by atoms with E-state index < -0.39 is 0 Å². The fourth-order valence-corrected chi connectivity index (χ4v) is 4.01. The van der Waals surface area contributed by atoms with Crippen LogP contribution in [-0.4, -0.2) is 48.1 Å². The van der Waals surface area contributed by atoms with E-state index in [4.69, 9.17) is 11.6 Å². The molecule has 1 aromatic heterocycles. The van der Waals surface area contributed by atoms with Crippen LogP contribution < -0.4 is 4.90 Å². The van der Waals surface area contributed by atoms with Gasteiger partial charge in [0.2, 0.25) is 0 Å². The molecule has 0 bridgehead atoms. The van der Waals surface area contributed by atoms with Gasteiger partial charge in [-0.2, -0.15) is 0 Å². The fourth-order valence-electron chi connectivity index (χ4n) is 3.88. The van der Waals surface area contributed by atoms with E-state index in [0.717, 1.165) is 47.9 Å². The van der Waals surface area contributed by atoms with Crippen molar-refractivity contribution >= 4 is 17.4 Å². The SMILES string of the molecule is CN1C[C@@H]2CN(c3cc(Cc4ccc(Cl)cc4)ncn3)C[C@@H]2C1. The molecule has 2 aliphatic rings. The Morgan fingerprint density at radius 2 is 1.74 bits per heavy atom. The van der Waals surface area contributed by atoms with Gasteiger partial charge in [0.05, 0.1) is 5.69 Å². The van der Waals surface area contributed by atoms with Crippen LogP contribution in [0, 0.1) is 11.8 Å². The number of hydrogen-bond acceptors (Lipinski definition) is 4. The molecule has 4 rings (SSSR count). The average Bonchev–Trinajstić information content (AvgIpc) is 3.07. The van der Waals surface area contributed by atoms with Gasteiger partial charge in [-0.15, -0.1) is 0 Å². The van der Waals surface area contributed by atoms with Crippen molar-refractivity contribution in [3.8, 4) is 0 Å². The van der Waals surface area contributed by atoms with E-state index in [9.17, 15) is 0 Å². The number of fused-ring (bicyclic) bond motifs is 1. The summed E-state index contributed by atoms with van der Waals surface area (Å²) in [6, 6.07) is 10.1. The molecule has 0 amide bonds. The van der Waals surface area contributed by atoms with E-state index in [1.54, 1.807) is 6.33 Å². The molecule has 0 unspecified atom stereocenters. The molecule has 0 aliphatic carbocycles. The van der Waals surface area contributed by atoms with Gasteiger partial charge in [-0.3, -0.25) is 0 Å². The lowest BCUT2D eigenvalue weighted by Crippen LogP contribution is -2.27. The second-order valence-electron chi connectivity index (χ2n) is 6.82. The molecular weight excluding hydrogens is 308 g/mol. The number of halogens is 1. The normalized spacial score (nSPS) is 24.2. The van der Waals surface area contributed by atoms with Crippen LogP contribution in [0.4, 0.5) is 5.82 Å². The molecule has 23 heavy (non-hydrogen) atoms. The molecule has 0 spiro atoms. The second kappa shape index (κ2) is 6.10. The quantitative estimate of drug-likeness (QED) is 0.867. The first-order valence-corrected chi connectivity index (χ1v) is 8.54. The van der Waals surface area contributed by atoms with Crippen LogP contribution in [-0.2, 0) is 6.42 Å². The summed E-state index contributed by atoms with van der Waals surface area (Å²) < 4.78 is 0. The Labute approximate surface area is 142 Å². The Balaban J connectivity index is 1.48. The van der Waals surface area contributed by atoms with E-state index in [2.05, 4.69) is 45.0 Å². The van der Waals surface area contributed by atoms with Crippen molar-refractivity contribution in [3.63, 3.8) is 0 Å². The third kappa shape index (κ3) is 3.19. The van der Waals surface area contributed by atoms with Gasteiger partial charge < -0.3 is 9.80 Å². The zero-order valence-electron chi connectivity index (χ0n) is 13.3. The monoisotopic (exact) mass is 328 g/mol. The highest BCUT2D eigenvalue weighted by Gasteiger charge is 2.39. The first-order chi connectivity index (χ1) is 11.2. The summed E-state index contributed by atoms with van der Waals surface area (Å²) >= 11 is 5.95. The molecule has 4 nitrogen and oxygen atoms in total. The van der Waals surface area contributed by atoms with Crippen LogP contribution in [0.15, 0.2) is 36.7 Å². The second-order valence-corrected chi connectivity index (χ2v) is 7.25. The Bertz CT molecular complexity index is 674. The van der Waals surface area contributed by atoms with Gasteiger partial charge in [-0.1, -0.05) is 23.7 Å². The molecule has 2 atom stereocenters. The first-order valence-electron chi connectivity index (χ1n) is 8.16. The number of nitrogens with zero attached hydrogens (tertiary/aromatic N) is 4. The lowest BCUT2D eigenvalue weighted by molar-refractivity contribution is 0.387. The van der Waals surface area contributed by atoms with Crippen molar-refractivity contribution in [2.45, 2.75) is 6.42 Å².